The van der Waals surface area contributed by atoms with Gasteiger partial charge in [0.2, 0.25) is 0 Å². The van der Waals surface area contributed by atoms with Crippen molar-refractivity contribution in [2.45, 2.75) is 6.04 Å². The van der Waals surface area contributed by atoms with Crippen LogP contribution >= 0.6 is 11.6 Å². The van der Waals surface area contributed by atoms with E-state index >= 15 is 0 Å². The van der Waals surface area contributed by atoms with Crippen LogP contribution in [-0.4, -0.2) is 21.3 Å². The minimum Gasteiger partial charge on any atom is -0.497 e. The van der Waals surface area contributed by atoms with Gasteiger partial charge in [0.05, 0.1) is 25.3 Å². The van der Waals surface area contributed by atoms with Crippen molar-refractivity contribution in [1.82, 2.24) is 5.32 Å². The summed E-state index contributed by atoms with van der Waals surface area (Å²) in [6.45, 7) is 0. The molecular weight excluding hydrogens is 293 g/mol. The molecule has 3 nitrogen and oxygen atoms in total. The van der Waals surface area contributed by atoms with Gasteiger partial charge in [0, 0.05) is 17.2 Å². The van der Waals surface area contributed by atoms with Crippen LogP contribution < -0.4 is 14.8 Å². The molecule has 0 amide bonds. The Bertz CT molecular complexity index is 634. The van der Waals surface area contributed by atoms with Crippen molar-refractivity contribution < 1.29 is 13.9 Å². The summed E-state index contributed by atoms with van der Waals surface area (Å²) in [5.74, 6) is 0.862. The third-order valence-corrected chi connectivity index (χ3v) is 3.62. The van der Waals surface area contributed by atoms with Gasteiger partial charge in [-0.05, 0) is 25.2 Å². The van der Waals surface area contributed by atoms with Gasteiger partial charge in [0.25, 0.3) is 0 Å². The maximum Gasteiger partial charge on any atom is 0.146 e. The molecule has 0 aliphatic heterocycles. The van der Waals surface area contributed by atoms with E-state index in [1.54, 1.807) is 39.5 Å². The monoisotopic (exact) mass is 309 g/mol. The molecular formula is C16H17ClFNO2. The van der Waals surface area contributed by atoms with E-state index in [1.807, 2.05) is 12.1 Å². The van der Waals surface area contributed by atoms with E-state index in [0.29, 0.717) is 17.1 Å². The van der Waals surface area contributed by atoms with Crippen molar-refractivity contribution in [2.24, 2.45) is 0 Å². The fraction of sp³-hybridized carbons (Fsp3) is 0.250. The van der Waals surface area contributed by atoms with Crippen LogP contribution in [0.25, 0.3) is 0 Å². The number of rotatable bonds is 5. The van der Waals surface area contributed by atoms with Gasteiger partial charge in [-0.2, -0.15) is 0 Å². The minimum absolute atomic E-state index is 0.0974. The molecule has 0 bridgehead atoms. The fourth-order valence-electron chi connectivity index (χ4n) is 2.28. The molecule has 0 fully saturated rings. The Hall–Kier alpha value is -1.78. The van der Waals surface area contributed by atoms with Crippen LogP contribution in [0.4, 0.5) is 4.39 Å². The highest BCUT2D eigenvalue weighted by Gasteiger charge is 2.21. The van der Waals surface area contributed by atoms with Gasteiger partial charge in [0.15, 0.2) is 0 Å². The zero-order valence-corrected chi connectivity index (χ0v) is 12.9. The van der Waals surface area contributed by atoms with Crippen LogP contribution in [0.15, 0.2) is 36.4 Å². The Morgan fingerprint density at radius 3 is 2.48 bits per heavy atom. The SMILES string of the molecule is CNC(c1ccc(OC)cc1OC)c1cccc(Cl)c1F. The molecule has 0 saturated carbocycles. The van der Waals surface area contributed by atoms with Crippen LogP contribution in [0, 0.1) is 5.82 Å². The first kappa shape index (κ1) is 15.6. The summed E-state index contributed by atoms with van der Waals surface area (Å²) in [4.78, 5) is 0. The average Bonchev–Trinajstić information content (AvgIpc) is 2.52. The molecule has 21 heavy (non-hydrogen) atoms. The summed E-state index contributed by atoms with van der Waals surface area (Å²) in [5.41, 5.74) is 1.27. The molecule has 1 N–H and O–H groups in total. The van der Waals surface area contributed by atoms with Crippen molar-refractivity contribution >= 4 is 11.6 Å². The van der Waals surface area contributed by atoms with Gasteiger partial charge in [-0.3, -0.25) is 0 Å². The summed E-state index contributed by atoms with van der Waals surface area (Å²) >= 11 is 5.87. The summed E-state index contributed by atoms with van der Waals surface area (Å²) in [7, 11) is 4.91. The van der Waals surface area contributed by atoms with E-state index < -0.39 is 5.82 Å². The molecule has 2 aromatic rings. The van der Waals surface area contributed by atoms with Crippen LogP contribution in [0.1, 0.15) is 17.2 Å². The van der Waals surface area contributed by atoms with E-state index in [4.69, 9.17) is 21.1 Å². The van der Waals surface area contributed by atoms with Crippen LogP contribution in [0.3, 0.4) is 0 Å². The molecule has 5 heteroatoms. The number of ether oxygens (including phenoxy) is 2. The molecule has 2 rings (SSSR count). The third kappa shape index (κ3) is 3.12. The van der Waals surface area contributed by atoms with Crippen molar-refractivity contribution in [2.75, 3.05) is 21.3 Å². The summed E-state index contributed by atoms with van der Waals surface area (Å²) in [5, 5.41) is 3.19. The van der Waals surface area contributed by atoms with Crippen molar-refractivity contribution in [3.63, 3.8) is 0 Å². The van der Waals surface area contributed by atoms with E-state index in [0.717, 1.165) is 5.56 Å². The van der Waals surface area contributed by atoms with Crippen molar-refractivity contribution in [3.8, 4) is 11.5 Å². The molecule has 0 aliphatic carbocycles. The van der Waals surface area contributed by atoms with Gasteiger partial charge in [-0.1, -0.05) is 23.7 Å². The van der Waals surface area contributed by atoms with E-state index in [1.165, 1.54) is 6.07 Å². The first-order valence-electron chi connectivity index (χ1n) is 6.45. The lowest BCUT2D eigenvalue weighted by Crippen LogP contribution is -2.19. The summed E-state index contributed by atoms with van der Waals surface area (Å²) in [6, 6.07) is 10.0. The van der Waals surface area contributed by atoms with E-state index in [-0.39, 0.29) is 11.1 Å². The molecule has 0 radical (unpaired) electrons. The Kier molecular flexibility index (Phi) is 5.04. The highest BCUT2D eigenvalue weighted by Crippen LogP contribution is 2.35. The summed E-state index contributed by atoms with van der Waals surface area (Å²) < 4.78 is 24.8. The zero-order chi connectivity index (χ0) is 15.4. The molecule has 0 aliphatic rings. The first-order valence-corrected chi connectivity index (χ1v) is 6.83. The standard InChI is InChI=1S/C16H17ClFNO2/c1-19-16(12-5-4-6-13(17)15(12)18)11-8-7-10(20-2)9-14(11)21-3/h4-9,16,19H,1-3H3. The average molecular weight is 310 g/mol. The second kappa shape index (κ2) is 6.78. The Morgan fingerprint density at radius 1 is 1.10 bits per heavy atom. The molecule has 0 spiro atoms. The number of methoxy groups -OCH3 is 2. The lowest BCUT2D eigenvalue weighted by molar-refractivity contribution is 0.388. The van der Waals surface area contributed by atoms with Crippen LogP contribution in [0.5, 0.6) is 11.5 Å². The van der Waals surface area contributed by atoms with Crippen LogP contribution in [-0.2, 0) is 0 Å². The largest absolute Gasteiger partial charge is 0.497 e. The lowest BCUT2D eigenvalue weighted by Gasteiger charge is -2.21. The third-order valence-electron chi connectivity index (χ3n) is 3.33. The normalized spacial score (nSPS) is 12.0. The number of hydrogen-bond donors (Lipinski definition) is 1. The van der Waals surface area contributed by atoms with E-state index in [9.17, 15) is 4.39 Å². The number of nitrogens with one attached hydrogen (secondary N) is 1. The molecule has 112 valence electrons. The second-order valence-electron chi connectivity index (χ2n) is 4.47. The second-order valence-corrected chi connectivity index (χ2v) is 4.88. The van der Waals surface area contributed by atoms with Gasteiger partial charge >= 0.3 is 0 Å². The molecule has 0 heterocycles. The maximum atomic E-state index is 14.3. The molecule has 1 atom stereocenters. The molecule has 1 unspecified atom stereocenters. The quantitative estimate of drug-likeness (QED) is 0.911. The van der Waals surface area contributed by atoms with Gasteiger partial charge in [-0.15, -0.1) is 0 Å². The fourth-order valence-corrected chi connectivity index (χ4v) is 2.46. The minimum atomic E-state index is -0.434. The Balaban J connectivity index is 2.53. The molecule has 2 aromatic carbocycles. The van der Waals surface area contributed by atoms with Crippen molar-refractivity contribution in [3.05, 3.63) is 58.4 Å². The van der Waals surface area contributed by atoms with Gasteiger partial charge in [-0.25, -0.2) is 4.39 Å². The van der Waals surface area contributed by atoms with Gasteiger partial charge in [0.1, 0.15) is 17.3 Å². The number of benzene rings is 2. The van der Waals surface area contributed by atoms with E-state index in [2.05, 4.69) is 5.32 Å². The number of hydrogen-bond acceptors (Lipinski definition) is 3. The molecule has 0 aromatic heterocycles. The predicted molar refractivity (Wildman–Crippen MR) is 81.9 cm³/mol. The van der Waals surface area contributed by atoms with Crippen LogP contribution in [0.2, 0.25) is 5.02 Å². The van der Waals surface area contributed by atoms with Gasteiger partial charge < -0.3 is 14.8 Å². The lowest BCUT2D eigenvalue weighted by atomic mass is 9.97. The number of halogens is 2. The Labute approximate surface area is 128 Å². The maximum absolute atomic E-state index is 14.3. The molecule has 0 saturated heterocycles. The Morgan fingerprint density at radius 2 is 1.86 bits per heavy atom. The highest BCUT2D eigenvalue weighted by atomic mass is 35.5. The topological polar surface area (TPSA) is 30.5 Å². The first-order chi connectivity index (χ1) is 10.1. The predicted octanol–water partition coefficient (Wildman–Crippen LogP) is 3.81. The highest BCUT2D eigenvalue weighted by molar-refractivity contribution is 6.30. The zero-order valence-electron chi connectivity index (χ0n) is 12.1. The summed E-state index contributed by atoms with van der Waals surface area (Å²) in [6.07, 6.45) is 0. The smallest absolute Gasteiger partial charge is 0.146 e. The van der Waals surface area contributed by atoms with Crippen molar-refractivity contribution in [1.29, 1.82) is 0 Å².